The van der Waals surface area contributed by atoms with E-state index < -0.39 is 0 Å². The lowest BCUT2D eigenvalue weighted by molar-refractivity contribution is 0.106. The Morgan fingerprint density at radius 1 is 1.38 bits per heavy atom. The summed E-state index contributed by atoms with van der Waals surface area (Å²) in [6, 6.07) is 9.92. The first-order valence-electron chi connectivity index (χ1n) is 6.82. The van der Waals surface area contributed by atoms with Crippen LogP contribution in [0.15, 0.2) is 36.5 Å². The maximum atomic E-state index is 12.1. The van der Waals surface area contributed by atoms with Crippen molar-refractivity contribution in [3.8, 4) is 0 Å². The molecule has 0 atom stereocenters. The molecule has 1 aromatic heterocycles. The quantitative estimate of drug-likeness (QED) is 0.851. The Kier molecular flexibility index (Phi) is 3.48. The lowest BCUT2D eigenvalue weighted by atomic mass is 10.1. The van der Waals surface area contributed by atoms with Gasteiger partial charge in [-0.05, 0) is 30.2 Å². The maximum Gasteiger partial charge on any atom is 0.414 e. The minimum absolute atomic E-state index is 0.224. The topological polar surface area (TPSA) is 47.4 Å². The smallest absolute Gasteiger partial charge is 0.414 e. The second-order valence-electron chi connectivity index (χ2n) is 5.10. The summed E-state index contributed by atoms with van der Waals surface area (Å²) < 4.78 is 7.08. The van der Waals surface area contributed by atoms with Gasteiger partial charge in [-0.15, -0.1) is 0 Å². The average Bonchev–Trinajstić information content (AvgIpc) is 2.82. The van der Waals surface area contributed by atoms with E-state index in [1.165, 1.54) is 0 Å². The van der Waals surface area contributed by atoms with Gasteiger partial charge in [-0.3, -0.25) is 9.58 Å². The number of fused-ring (bicyclic) bond motifs is 1. The first kappa shape index (κ1) is 13.4. The third kappa shape index (κ3) is 2.81. The Bertz CT molecular complexity index is 703. The number of ether oxygens (including phenoxy) is 1. The molecule has 0 fully saturated rings. The molecule has 0 bridgehead atoms. The molecule has 2 heterocycles. The van der Waals surface area contributed by atoms with Crippen molar-refractivity contribution in [2.45, 2.75) is 20.1 Å². The normalized spacial score (nSPS) is 13.1. The van der Waals surface area contributed by atoms with Gasteiger partial charge in [-0.25, -0.2) is 4.79 Å². The summed E-state index contributed by atoms with van der Waals surface area (Å²) in [4.78, 5) is 13.7. The highest BCUT2D eigenvalue weighted by Crippen LogP contribution is 2.20. The molecule has 1 aromatic carbocycles. The zero-order valence-corrected chi connectivity index (χ0v) is 12.1. The van der Waals surface area contributed by atoms with Gasteiger partial charge in [0.25, 0.3) is 0 Å². The number of hydrogen-bond donors (Lipinski definition) is 0. The van der Waals surface area contributed by atoms with Crippen LogP contribution in [0.5, 0.6) is 0 Å². The van der Waals surface area contributed by atoms with Crippen LogP contribution in [0, 0.1) is 6.92 Å². The van der Waals surface area contributed by atoms with E-state index in [1.807, 2.05) is 50.4 Å². The molecule has 5 heteroatoms. The van der Waals surface area contributed by atoms with E-state index in [1.54, 1.807) is 15.8 Å². The van der Waals surface area contributed by atoms with Crippen molar-refractivity contribution < 1.29 is 9.53 Å². The van der Waals surface area contributed by atoms with E-state index in [4.69, 9.17) is 4.74 Å². The summed E-state index contributed by atoms with van der Waals surface area (Å²) in [7, 11) is 1.84. The molecule has 0 aliphatic carbocycles. The Balaban J connectivity index is 1.64. The van der Waals surface area contributed by atoms with E-state index in [0.717, 1.165) is 22.5 Å². The van der Waals surface area contributed by atoms with E-state index >= 15 is 0 Å². The van der Waals surface area contributed by atoms with Crippen LogP contribution in [0.25, 0.3) is 6.08 Å². The molecule has 108 valence electrons. The molecular formula is C16H17N3O2. The van der Waals surface area contributed by atoms with Crippen molar-refractivity contribution in [3.63, 3.8) is 0 Å². The van der Waals surface area contributed by atoms with E-state index in [0.29, 0.717) is 6.54 Å². The largest absolute Gasteiger partial charge is 0.443 e. The van der Waals surface area contributed by atoms with Gasteiger partial charge in [0, 0.05) is 13.2 Å². The number of amides is 1. The number of aromatic nitrogens is 2. The van der Waals surface area contributed by atoms with Crippen molar-refractivity contribution in [2.75, 3.05) is 0 Å². The predicted molar refractivity (Wildman–Crippen MR) is 79.1 cm³/mol. The van der Waals surface area contributed by atoms with Gasteiger partial charge >= 0.3 is 6.09 Å². The molecular weight excluding hydrogens is 266 g/mol. The van der Waals surface area contributed by atoms with Gasteiger partial charge in [0.15, 0.2) is 0 Å². The van der Waals surface area contributed by atoms with Crippen molar-refractivity contribution in [1.82, 2.24) is 14.7 Å². The lowest BCUT2D eigenvalue weighted by Crippen LogP contribution is -2.28. The predicted octanol–water partition coefficient (Wildman–Crippen LogP) is 2.85. The average molecular weight is 283 g/mol. The minimum Gasteiger partial charge on any atom is -0.443 e. The first-order chi connectivity index (χ1) is 10.1. The zero-order chi connectivity index (χ0) is 14.8. The fourth-order valence-corrected chi connectivity index (χ4v) is 2.39. The second kappa shape index (κ2) is 5.44. The number of benzene rings is 1. The molecule has 0 saturated carbocycles. The molecule has 1 aliphatic heterocycles. The first-order valence-corrected chi connectivity index (χ1v) is 6.82. The maximum absolute atomic E-state index is 12.1. The molecule has 1 aliphatic rings. The third-order valence-corrected chi connectivity index (χ3v) is 3.51. The van der Waals surface area contributed by atoms with Gasteiger partial charge in [-0.2, -0.15) is 5.10 Å². The van der Waals surface area contributed by atoms with Crippen molar-refractivity contribution in [3.05, 3.63) is 59.0 Å². The zero-order valence-electron chi connectivity index (χ0n) is 12.1. The number of carbonyl (C=O) groups excluding carboxylic acids is 1. The summed E-state index contributed by atoms with van der Waals surface area (Å²) >= 11 is 0. The van der Waals surface area contributed by atoms with Gasteiger partial charge < -0.3 is 4.74 Å². The van der Waals surface area contributed by atoms with Crippen LogP contribution in [0.3, 0.4) is 0 Å². The van der Waals surface area contributed by atoms with Crippen molar-refractivity contribution in [1.29, 1.82) is 0 Å². The highest BCUT2D eigenvalue weighted by molar-refractivity contribution is 5.72. The summed E-state index contributed by atoms with van der Waals surface area (Å²) in [5, 5.41) is 4.23. The molecule has 0 radical (unpaired) electrons. The molecule has 21 heavy (non-hydrogen) atoms. The monoisotopic (exact) mass is 283 g/mol. The van der Waals surface area contributed by atoms with Gasteiger partial charge in [0.1, 0.15) is 6.61 Å². The Morgan fingerprint density at radius 2 is 2.19 bits per heavy atom. The molecule has 0 saturated heterocycles. The molecule has 1 amide bonds. The number of aryl methyl sites for hydroxylation is 2. The molecule has 0 unspecified atom stereocenters. The number of carbonyl (C=O) groups is 1. The number of hydrogen-bond acceptors (Lipinski definition) is 3. The SMILES string of the molecule is Cc1cc(COC(=O)N2C=Cc3ccccc3C2)n(C)n1. The van der Waals surface area contributed by atoms with Crippen LogP contribution in [-0.2, 0) is 24.9 Å². The van der Waals surface area contributed by atoms with Crippen LogP contribution >= 0.6 is 0 Å². The number of nitrogens with zero attached hydrogens (tertiary/aromatic N) is 3. The van der Waals surface area contributed by atoms with Gasteiger partial charge in [-0.1, -0.05) is 24.3 Å². The van der Waals surface area contributed by atoms with Crippen LogP contribution < -0.4 is 0 Å². The van der Waals surface area contributed by atoms with E-state index in [9.17, 15) is 4.79 Å². The van der Waals surface area contributed by atoms with Gasteiger partial charge in [0.2, 0.25) is 0 Å². The van der Waals surface area contributed by atoms with Crippen molar-refractivity contribution >= 4 is 12.2 Å². The third-order valence-electron chi connectivity index (χ3n) is 3.51. The van der Waals surface area contributed by atoms with Gasteiger partial charge in [0.05, 0.1) is 17.9 Å². The molecule has 0 spiro atoms. The van der Waals surface area contributed by atoms with Crippen LogP contribution in [0.1, 0.15) is 22.5 Å². The molecule has 3 rings (SSSR count). The summed E-state index contributed by atoms with van der Waals surface area (Å²) in [6.45, 7) is 2.67. The lowest BCUT2D eigenvalue weighted by Gasteiger charge is -2.22. The minimum atomic E-state index is -0.348. The fourth-order valence-electron chi connectivity index (χ4n) is 2.39. The van der Waals surface area contributed by atoms with Crippen molar-refractivity contribution in [2.24, 2.45) is 7.05 Å². The molecule has 0 N–H and O–H groups in total. The van der Waals surface area contributed by atoms with Crippen LogP contribution in [0.2, 0.25) is 0 Å². The molecule has 2 aromatic rings. The highest BCUT2D eigenvalue weighted by Gasteiger charge is 2.18. The number of rotatable bonds is 2. The Morgan fingerprint density at radius 3 is 2.95 bits per heavy atom. The Labute approximate surface area is 123 Å². The van der Waals surface area contributed by atoms with E-state index in [-0.39, 0.29) is 12.7 Å². The summed E-state index contributed by atoms with van der Waals surface area (Å²) in [5.41, 5.74) is 4.05. The van der Waals surface area contributed by atoms with Crippen LogP contribution in [-0.4, -0.2) is 20.8 Å². The standard InChI is InChI=1S/C16H17N3O2/c1-12-9-15(18(2)17-12)11-21-16(20)19-8-7-13-5-3-4-6-14(13)10-19/h3-9H,10-11H2,1-2H3. The molecule has 5 nitrogen and oxygen atoms in total. The Hall–Kier alpha value is -2.56. The van der Waals surface area contributed by atoms with E-state index in [2.05, 4.69) is 5.10 Å². The summed E-state index contributed by atoms with van der Waals surface area (Å²) in [6.07, 6.45) is 3.34. The summed E-state index contributed by atoms with van der Waals surface area (Å²) in [5.74, 6) is 0. The highest BCUT2D eigenvalue weighted by atomic mass is 16.6. The second-order valence-corrected chi connectivity index (χ2v) is 5.10. The fraction of sp³-hybridized carbons (Fsp3) is 0.250. The van der Waals surface area contributed by atoms with Crippen LogP contribution in [0.4, 0.5) is 4.79 Å².